The minimum atomic E-state index is -0.231. The van der Waals surface area contributed by atoms with Gasteiger partial charge in [-0.3, -0.25) is 4.79 Å². The maximum absolute atomic E-state index is 12.3. The van der Waals surface area contributed by atoms with Gasteiger partial charge >= 0.3 is 0 Å². The Balaban J connectivity index is 1.61. The zero-order chi connectivity index (χ0) is 16.9. The lowest BCUT2D eigenvalue weighted by Gasteiger charge is -2.25. The maximum atomic E-state index is 12.3. The molecular weight excluding hydrogens is 324 g/mol. The van der Waals surface area contributed by atoms with Gasteiger partial charge in [0.25, 0.3) is 0 Å². The van der Waals surface area contributed by atoms with Crippen molar-refractivity contribution in [3.63, 3.8) is 0 Å². The molecule has 6 nitrogen and oxygen atoms in total. The van der Waals surface area contributed by atoms with Crippen molar-refractivity contribution in [3.8, 4) is 0 Å². The molecule has 1 N–H and O–H groups in total. The molecule has 2 heterocycles. The summed E-state index contributed by atoms with van der Waals surface area (Å²) in [5.41, 5.74) is 0. The van der Waals surface area contributed by atoms with Gasteiger partial charge in [-0.25, -0.2) is 0 Å². The van der Waals surface area contributed by atoms with Crippen LogP contribution in [0.1, 0.15) is 56.7 Å². The molecule has 1 saturated carbocycles. The van der Waals surface area contributed by atoms with E-state index in [9.17, 15) is 4.79 Å². The third-order valence-electron chi connectivity index (χ3n) is 4.44. The van der Waals surface area contributed by atoms with Crippen LogP contribution in [0.25, 0.3) is 0 Å². The van der Waals surface area contributed by atoms with Crippen LogP contribution in [0, 0.1) is 6.92 Å². The molecule has 1 aliphatic carbocycles. The van der Waals surface area contributed by atoms with E-state index in [2.05, 4.69) is 20.1 Å². The molecule has 2 aromatic heterocycles. The van der Waals surface area contributed by atoms with Crippen molar-refractivity contribution < 1.29 is 9.21 Å². The molecule has 0 aliphatic heterocycles. The molecule has 1 unspecified atom stereocenters. The van der Waals surface area contributed by atoms with E-state index in [1.54, 1.807) is 6.26 Å². The number of rotatable bonds is 6. The average molecular weight is 348 g/mol. The first-order valence-electron chi connectivity index (χ1n) is 8.53. The Morgan fingerprint density at radius 2 is 2.21 bits per heavy atom. The van der Waals surface area contributed by atoms with E-state index >= 15 is 0 Å². The Labute approximate surface area is 146 Å². The fourth-order valence-electron chi connectivity index (χ4n) is 3.13. The lowest BCUT2D eigenvalue weighted by atomic mass is 9.95. The lowest BCUT2D eigenvalue weighted by molar-refractivity contribution is -0.120. The van der Waals surface area contributed by atoms with Gasteiger partial charge < -0.3 is 14.3 Å². The van der Waals surface area contributed by atoms with E-state index < -0.39 is 0 Å². The first-order chi connectivity index (χ1) is 11.6. The largest absolute Gasteiger partial charge is 0.467 e. The van der Waals surface area contributed by atoms with Gasteiger partial charge in [0.1, 0.15) is 11.6 Å². The van der Waals surface area contributed by atoms with Gasteiger partial charge in [0, 0.05) is 6.04 Å². The van der Waals surface area contributed by atoms with Gasteiger partial charge in [-0.2, -0.15) is 0 Å². The SMILES string of the molecule is Cc1nnc(SC(C)C(=O)NCc2ccco2)n1C1CCCCC1. The molecule has 0 bridgehead atoms. The highest BCUT2D eigenvalue weighted by atomic mass is 32.2. The second-order valence-electron chi connectivity index (χ2n) is 6.25. The van der Waals surface area contributed by atoms with E-state index in [-0.39, 0.29) is 11.2 Å². The monoisotopic (exact) mass is 348 g/mol. The highest BCUT2D eigenvalue weighted by Crippen LogP contribution is 2.33. The number of furan rings is 1. The molecule has 0 radical (unpaired) electrons. The second kappa shape index (κ2) is 7.88. The van der Waals surface area contributed by atoms with Crippen molar-refractivity contribution in [2.24, 2.45) is 0 Å². The highest BCUT2D eigenvalue weighted by Gasteiger charge is 2.24. The third kappa shape index (κ3) is 4.01. The predicted molar refractivity (Wildman–Crippen MR) is 92.8 cm³/mol. The van der Waals surface area contributed by atoms with Gasteiger partial charge in [-0.15, -0.1) is 10.2 Å². The summed E-state index contributed by atoms with van der Waals surface area (Å²) in [4.78, 5) is 12.3. The molecule has 1 aliphatic rings. The minimum absolute atomic E-state index is 0.0211. The number of thioether (sulfide) groups is 1. The number of aromatic nitrogens is 3. The number of nitrogens with one attached hydrogen (secondary N) is 1. The summed E-state index contributed by atoms with van der Waals surface area (Å²) in [5.74, 6) is 1.67. The molecule has 24 heavy (non-hydrogen) atoms. The van der Waals surface area contributed by atoms with Crippen LogP contribution in [0.3, 0.4) is 0 Å². The maximum Gasteiger partial charge on any atom is 0.233 e. The van der Waals surface area contributed by atoms with E-state index in [0.717, 1.165) is 16.7 Å². The minimum Gasteiger partial charge on any atom is -0.467 e. The van der Waals surface area contributed by atoms with E-state index in [4.69, 9.17) is 4.42 Å². The lowest BCUT2D eigenvalue weighted by Crippen LogP contribution is -2.30. The molecule has 2 aromatic rings. The Kier molecular flexibility index (Phi) is 5.60. The molecule has 130 valence electrons. The van der Waals surface area contributed by atoms with Crippen LogP contribution in [0.5, 0.6) is 0 Å². The number of hydrogen-bond donors (Lipinski definition) is 1. The third-order valence-corrected chi connectivity index (χ3v) is 5.50. The zero-order valence-corrected chi connectivity index (χ0v) is 15.0. The number of hydrogen-bond acceptors (Lipinski definition) is 5. The summed E-state index contributed by atoms with van der Waals surface area (Å²) in [6, 6.07) is 4.13. The van der Waals surface area contributed by atoms with Gasteiger partial charge in [-0.1, -0.05) is 31.0 Å². The average Bonchev–Trinajstić information content (AvgIpc) is 3.23. The first kappa shape index (κ1) is 17.1. The highest BCUT2D eigenvalue weighted by molar-refractivity contribution is 8.00. The molecule has 0 aromatic carbocycles. The van der Waals surface area contributed by atoms with Gasteiger partial charge in [0.15, 0.2) is 5.16 Å². The topological polar surface area (TPSA) is 73.0 Å². The summed E-state index contributed by atoms with van der Waals surface area (Å²) in [6.45, 7) is 4.30. The van der Waals surface area contributed by atoms with Crippen molar-refractivity contribution >= 4 is 17.7 Å². The van der Waals surface area contributed by atoms with Crippen LogP contribution in [0.15, 0.2) is 28.0 Å². The zero-order valence-electron chi connectivity index (χ0n) is 14.2. The molecule has 3 rings (SSSR count). The number of carbonyl (C=O) groups excluding carboxylic acids is 1. The predicted octanol–water partition coefficient (Wildman–Crippen LogP) is 3.48. The fourth-order valence-corrected chi connectivity index (χ4v) is 4.12. The molecular formula is C17H24N4O2S. The van der Waals surface area contributed by atoms with E-state index in [1.807, 2.05) is 26.0 Å². The van der Waals surface area contributed by atoms with Crippen molar-refractivity contribution in [3.05, 3.63) is 30.0 Å². The van der Waals surface area contributed by atoms with Crippen molar-refractivity contribution in [2.75, 3.05) is 0 Å². The Hall–Kier alpha value is -1.76. The van der Waals surface area contributed by atoms with Crippen molar-refractivity contribution in [1.82, 2.24) is 20.1 Å². The van der Waals surface area contributed by atoms with Crippen molar-refractivity contribution in [1.29, 1.82) is 0 Å². The molecule has 1 fully saturated rings. The Morgan fingerprint density at radius 1 is 1.42 bits per heavy atom. The smallest absolute Gasteiger partial charge is 0.233 e. The summed E-state index contributed by atoms with van der Waals surface area (Å²) in [5, 5.41) is 12.1. The normalized spacial score (nSPS) is 16.9. The second-order valence-corrected chi connectivity index (χ2v) is 7.56. The number of aryl methyl sites for hydroxylation is 1. The van der Waals surface area contributed by atoms with E-state index in [0.29, 0.717) is 12.6 Å². The van der Waals surface area contributed by atoms with E-state index in [1.165, 1.54) is 43.9 Å². The summed E-state index contributed by atoms with van der Waals surface area (Å²) < 4.78 is 7.46. The number of carbonyl (C=O) groups is 1. The van der Waals surface area contributed by atoms with Gasteiger partial charge in [0.2, 0.25) is 5.91 Å². The van der Waals surface area contributed by atoms with Gasteiger partial charge in [0.05, 0.1) is 18.1 Å². The Morgan fingerprint density at radius 3 is 2.92 bits per heavy atom. The molecule has 0 spiro atoms. The van der Waals surface area contributed by atoms with Crippen LogP contribution >= 0.6 is 11.8 Å². The Bertz CT molecular complexity index is 662. The molecule has 0 saturated heterocycles. The first-order valence-corrected chi connectivity index (χ1v) is 9.41. The van der Waals surface area contributed by atoms with Crippen LogP contribution in [-0.2, 0) is 11.3 Å². The molecule has 7 heteroatoms. The number of amides is 1. The fraction of sp³-hybridized carbons (Fsp3) is 0.588. The quantitative estimate of drug-likeness (QED) is 0.809. The van der Waals surface area contributed by atoms with Crippen molar-refractivity contribution in [2.45, 2.75) is 68.9 Å². The molecule has 1 atom stereocenters. The van der Waals surface area contributed by atoms with Crippen LogP contribution in [0.4, 0.5) is 0 Å². The summed E-state index contributed by atoms with van der Waals surface area (Å²) in [7, 11) is 0. The van der Waals surface area contributed by atoms with Gasteiger partial charge in [-0.05, 0) is 38.8 Å². The summed E-state index contributed by atoms with van der Waals surface area (Å²) >= 11 is 1.48. The molecule has 1 amide bonds. The van der Waals surface area contributed by atoms with Crippen LogP contribution in [0.2, 0.25) is 0 Å². The summed E-state index contributed by atoms with van der Waals surface area (Å²) in [6.07, 6.45) is 7.77. The van der Waals surface area contributed by atoms with Crippen LogP contribution < -0.4 is 5.32 Å². The van der Waals surface area contributed by atoms with Crippen LogP contribution in [-0.4, -0.2) is 25.9 Å². The standard InChI is InChI=1S/C17H24N4O2S/c1-12(16(22)18-11-15-9-6-10-23-15)24-17-20-19-13(2)21(17)14-7-4-3-5-8-14/h6,9-10,12,14H,3-5,7-8,11H2,1-2H3,(H,18,22). The number of nitrogens with zero attached hydrogens (tertiary/aromatic N) is 3.